The second-order valence-electron chi connectivity index (χ2n) is 3.91. The molecule has 0 bridgehead atoms. The van der Waals surface area contributed by atoms with Crippen LogP contribution in [0.2, 0.25) is 0 Å². The fraction of sp³-hybridized carbons (Fsp3) is 0.250. The van der Waals surface area contributed by atoms with Gasteiger partial charge in [-0.05, 0) is 28.8 Å². The molecule has 0 aromatic carbocycles. The molecule has 0 saturated heterocycles. The predicted molar refractivity (Wildman–Crippen MR) is 73.8 cm³/mol. The smallest absolute Gasteiger partial charge is 0.311 e. The number of hydrogen-bond acceptors (Lipinski definition) is 6. The topological polar surface area (TPSA) is 77.3 Å². The third-order valence-electron chi connectivity index (χ3n) is 2.66. The molecule has 19 heavy (non-hydrogen) atoms. The highest BCUT2D eigenvalue weighted by atomic mass is 32.1. The lowest BCUT2D eigenvalue weighted by atomic mass is 10.2. The second-order valence-corrected chi connectivity index (χ2v) is 4.66. The molecule has 7 heteroatoms. The van der Waals surface area contributed by atoms with Gasteiger partial charge in [-0.15, -0.1) is 0 Å². The van der Waals surface area contributed by atoms with Gasteiger partial charge in [0, 0.05) is 18.7 Å². The molecule has 0 aliphatic rings. The molecule has 2 heterocycles. The molecule has 1 N–H and O–H groups in total. The van der Waals surface area contributed by atoms with E-state index in [1.54, 1.807) is 11.3 Å². The third-order valence-corrected chi connectivity index (χ3v) is 3.57. The first-order chi connectivity index (χ1) is 9.11. The van der Waals surface area contributed by atoms with Crippen LogP contribution in [0.4, 0.5) is 11.5 Å². The lowest BCUT2D eigenvalue weighted by Gasteiger charge is -2.07. The summed E-state index contributed by atoms with van der Waals surface area (Å²) < 4.78 is 4.98. The Bertz CT molecular complexity index is 598. The standard InChI is InChI=1S/C12H13N3O3S/c1-8-6-19-7-9(8)5-13-12-10(15(16)17)3-4-11(14-12)18-2/h3-4,6-7H,5H2,1-2H3,(H,13,14). The molecule has 100 valence electrons. The van der Waals surface area contributed by atoms with E-state index in [0.29, 0.717) is 12.4 Å². The van der Waals surface area contributed by atoms with Gasteiger partial charge in [0.25, 0.3) is 0 Å². The summed E-state index contributed by atoms with van der Waals surface area (Å²) in [5.41, 5.74) is 2.20. The zero-order valence-electron chi connectivity index (χ0n) is 10.5. The van der Waals surface area contributed by atoms with E-state index in [2.05, 4.69) is 10.3 Å². The van der Waals surface area contributed by atoms with Gasteiger partial charge in [0.2, 0.25) is 11.7 Å². The molecule has 0 aliphatic heterocycles. The predicted octanol–water partition coefficient (Wildman–Crippen LogP) is 2.98. The number of aromatic nitrogens is 1. The van der Waals surface area contributed by atoms with Crippen LogP contribution in [0.1, 0.15) is 11.1 Å². The molecule has 2 aromatic heterocycles. The van der Waals surface area contributed by atoms with Crippen molar-refractivity contribution in [2.45, 2.75) is 13.5 Å². The van der Waals surface area contributed by atoms with E-state index in [1.165, 1.54) is 19.2 Å². The first-order valence-electron chi connectivity index (χ1n) is 5.56. The minimum absolute atomic E-state index is 0.0614. The molecule has 0 saturated carbocycles. The lowest BCUT2D eigenvalue weighted by molar-refractivity contribution is -0.384. The molecule has 0 aliphatic carbocycles. The number of thiophene rings is 1. The summed E-state index contributed by atoms with van der Waals surface area (Å²) in [6.45, 7) is 2.50. The Hall–Kier alpha value is -2.15. The Morgan fingerprint density at radius 2 is 2.26 bits per heavy atom. The van der Waals surface area contributed by atoms with Crippen LogP contribution in [-0.4, -0.2) is 17.0 Å². The van der Waals surface area contributed by atoms with Crippen LogP contribution in [-0.2, 0) is 6.54 Å². The van der Waals surface area contributed by atoms with E-state index in [0.717, 1.165) is 11.1 Å². The van der Waals surface area contributed by atoms with Gasteiger partial charge in [0.05, 0.1) is 12.0 Å². The van der Waals surface area contributed by atoms with Crippen molar-refractivity contribution in [1.29, 1.82) is 0 Å². The average Bonchev–Trinajstić information content (AvgIpc) is 2.81. The van der Waals surface area contributed by atoms with Gasteiger partial charge >= 0.3 is 5.69 Å². The van der Waals surface area contributed by atoms with Gasteiger partial charge in [-0.2, -0.15) is 16.3 Å². The van der Waals surface area contributed by atoms with Gasteiger partial charge in [-0.3, -0.25) is 10.1 Å². The van der Waals surface area contributed by atoms with Crippen molar-refractivity contribution in [1.82, 2.24) is 4.98 Å². The minimum atomic E-state index is -0.463. The minimum Gasteiger partial charge on any atom is -0.481 e. The van der Waals surface area contributed by atoms with E-state index >= 15 is 0 Å². The first-order valence-corrected chi connectivity index (χ1v) is 6.51. The summed E-state index contributed by atoms with van der Waals surface area (Å²) in [5, 5.41) is 18.0. The Morgan fingerprint density at radius 1 is 1.47 bits per heavy atom. The average molecular weight is 279 g/mol. The van der Waals surface area contributed by atoms with Crippen LogP contribution in [0, 0.1) is 17.0 Å². The van der Waals surface area contributed by atoms with E-state index in [1.807, 2.05) is 17.7 Å². The number of ether oxygens (including phenoxy) is 1. The Balaban J connectivity index is 2.22. The van der Waals surface area contributed by atoms with E-state index in [4.69, 9.17) is 4.74 Å². The molecular formula is C12H13N3O3S. The van der Waals surface area contributed by atoms with Gasteiger partial charge in [-0.25, -0.2) is 0 Å². The number of aryl methyl sites for hydroxylation is 1. The Morgan fingerprint density at radius 3 is 2.84 bits per heavy atom. The van der Waals surface area contributed by atoms with E-state index in [-0.39, 0.29) is 11.5 Å². The Labute approximate surface area is 114 Å². The van der Waals surface area contributed by atoms with Crippen molar-refractivity contribution in [2.75, 3.05) is 12.4 Å². The maximum atomic E-state index is 10.9. The van der Waals surface area contributed by atoms with Crippen molar-refractivity contribution in [3.8, 4) is 5.88 Å². The van der Waals surface area contributed by atoms with Gasteiger partial charge in [0.15, 0.2) is 0 Å². The fourth-order valence-corrected chi connectivity index (χ4v) is 2.43. The van der Waals surface area contributed by atoms with E-state index in [9.17, 15) is 10.1 Å². The first kappa shape index (κ1) is 13.3. The summed E-state index contributed by atoms with van der Waals surface area (Å²) in [6, 6.07) is 2.85. The number of anilines is 1. The van der Waals surface area contributed by atoms with E-state index < -0.39 is 4.92 Å². The number of nitro groups is 1. The summed E-state index contributed by atoms with van der Waals surface area (Å²) in [6.07, 6.45) is 0. The largest absolute Gasteiger partial charge is 0.481 e. The normalized spacial score (nSPS) is 10.2. The molecule has 6 nitrogen and oxygen atoms in total. The van der Waals surface area contributed by atoms with Crippen LogP contribution in [0.15, 0.2) is 22.9 Å². The van der Waals surface area contributed by atoms with Crippen LogP contribution >= 0.6 is 11.3 Å². The van der Waals surface area contributed by atoms with Gasteiger partial charge in [-0.1, -0.05) is 0 Å². The van der Waals surface area contributed by atoms with Crippen molar-refractivity contribution in [3.05, 3.63) is 44.1 Å². The summed E-state index contributed by atoms with van der Waals surface area (Å²) in [5.74, 6) is 0.560. The second kappa shape index (κ2) is 5.66. The van der Waals surface area contributed by atoms with Gasteiger partial charge < -0.3 is 10.1 Å². The lowest BCUT2D eigenvalue weighted by Crippen LogP contribution is -2.05. The van der Waals surface area contributed by atoms with Crippen molar-refractivity contribution >= 4 is 22.8 Å². The third kappa shape index (κ3) is 3.00. The SMILES string of the molecule is COc1ccc([N+](=O)[O-])c(NCc2cscc2C)n1. The van der Waals surface area contributed by atoms with Crippen LogP contribution in [0.3, 0.4) is 0 Å². The molecule has 0 unspecified atom stereocenters. The summed E-state index contributed by atoms with van der Waals surface area (Å²) >= 11 is 1.60. The monoisotopic (exact) mass is 279 g/mol. The summed E-state index contributed by atoms with van der Waals surface area (Å²) in [7, 11) is 1.47. The van der Waals surface area contributed by atoms with Crippen molar-refractivity contribution in [3.63, 3.8) is 0 Å². The number of hydrogen-bond donors (Lipinski definition) is 1. The molecule has 0 atom stereocenters. The number of rotatable bonds is 5. The van der Waals surface area contributed by atoms with Crippen molar-refractivity contribution < 1.29 is 9.66 Å². The highest BCUT2D eigenvalue weighted by molar-refractivity contribution is 7.08. The maximum Gasteiger partial charge on any atom is 0.311 e. The number of methoxy groups -OCH3 is 1. The quantitative estimate of drug-likeness (QED) is 0.672. The molecule has 0 spiro atoms. The molecular weight excluding hydrogens is 266 g/mol. The maximum absolute atomic E-state index is 10.9. The molecule has 0 fully saturated rings. The highest BCUT2D eigenvalue weighted by Crippen LogP contribution is 2.26. The number of nitrogens with zero attached hydrogens (tertiary/aromatic N) is 2. The Kier molecular flexibility index (Phi) is 3.96. The zero-order chi connectivity index (χ0) is 13.8. The van der Waals surface area contributed by atoms with Gasteiger partial charge in [0.1, 0.15) is 0 Å². The molecule has 0 radical (unpaired) electrons. The highest BCUT2D eigenvalue weighted by Gasteiger charge is 2.16. The molecule has 0 amide bonds. The van der Waals surface area contributed by atoms with Crippen LogP contribution in [0.5, 0.6) is 5.88 Å². The molecule has 2 aromatic rings. The fourth-order valence-electron chi connectivity index (χ4n) is 1.57. The van der Waals surface area contributed by atoms with Crippen LogP contribution < -0.4 is 10.1 Å². The number of pyridine rings is 1. The molecule has 2 rings (SSSR count). The number of nitrogens with one attached hydrogen (secondary N) is 1. The summed E-state index contributed by atoms with van der Waals surface area (Å²) in [4.78, 5) is 14.5. The van der Waals surface area contributed by atoms with Crippen molar-refractivity contribution in [2.24, 2.45) is 0 Å². The van der Waals surface area contributed by atoms with Crippen LogP contribution in [0.25, 0.3) is 0 Å². The zero-order valence-corrected chi connectivity index (χ0v) is 11.4.